The smallest absolute Gasteiger partial charge is 0.185 e. The Hall–Kier alpha value is -0.610. The van der Waals surface area contributed by atoms with Gasteiger partial charge in [0.25, 0.3) is 0 Å². The molecule has 1 aromatic rings. The van der Waals surface area contributed by atoms with Crippen molar-refractivity contribution in [1.29, 1.82) is 0 Å². The number of rotatable bonds is 3. The monoisotopic (exact) mass is 254 g/mol. The second kappa shape index (κ2) is 5.36. The highest BCUT2D eigenvalue weighted by Crippen LogP contribution is 2.32. The minimum Gasteiger partial charge on any atom is -0.388 e. The average Bonchev–Trinajstić information content (AvgIpc) is 2.77. The zero-order valence-corrected chi connectivity index (χ0v) is 11.7. The fourth-order valence-corrected chi connectivity index (χ4v) is 3.43. The number of hydrogen-bond donors (Lipinski definition) is 1. The molecule has 1 fully saturated rings. The number of hydrogen-bond acceptors (Lipinski definition) is 4. The van der Waals surface area contributed by atoms with Crippen molar-refractivity contribution in [3.8, 4) is 0 Å². The van der Waals surface area contributed by atoms with E-state index in [2.05, 4.69) is 23.9 Å². The lowest BCUT2D eigenvalue weighted by Crippen LogP contribution is -2.35. The molecule has 1 N–H and O–H groups in total. The maximum absolute atomic E-state index is 9.52. The van der Waals surface area contributed by atoms with Gasteiger partial charge in [0.05, 0.1) is 11.0 Å². The fourth-order valence-electron chi connectivity index (χ4n) is 2.54. The maximum Gasteiger partial charge on any atom is 0.185 e. The lowest BCUT2D eigenvalue weighted by Gasteiger charge is -2.33. The number of aromatic nitrogens is 1. The third-order valence-electron chi connectivity index (χ3n) is 3.68. The molecule has 1 aliphatic rings. The summed E-state index contributed by atoms with van der Waals surface area (Å²) in [4.78, 5) is 7.67. The van der Waals surface area contributed by atoms with E-state index in [1.54, 1.807) is 24.5 Å². The van der Waals surface area contributed by atoms with Crippen LogP contribution >= 0.6 is 11.3 Å². The van der Waals surface area contributed by atoms with Crippen molar-refractivity contribution in [3.05, 3.63) is 11.1 Å². The van der Waals surface area contributed by atoms with Gasteiger partial charge in [0.15, 0.2) is 5.13 Å². The summed E-state index contributed by atoms with van der Waals surface area (Å²) < 4.78 is 0. The Bertz CT molecular complexity index is 364. The molecule has 3 atom stereocenters. The van der Waals surface area contributed by atoms with Gasteiger partial charge in [-0.05, 0) is 25.7 Å². The quantitative estimate of drug-likeness (QED) is 0.900. The van der Waals surface area contributed by atoms with E-state index in [0.29, 0.717) is 6.04 Å². The van der Waals surface area contributed by atoms with Crippen LogP contribution in [0.4, 0.5) is 5.13 Å². The van der Waals surface area contributed by atoms with E-state index in [1.165, 1.54) is 25.7 Å². The molecule has 4 heteroatoms. The molecule has 2 rings (SSSR count). The Balaban J connectivity index is 2.04. The van der Waals surface area contributed by atoms with E-state index in [1.807, 2.05) is 0 Å². The van der Waals surface area contributed by atoms with E-state index in [4.69, 9.17) is 0 Å². The largest absolute Gasteiger partial charge is 0.388 e. The summed E-state index contributed by atoms with van der Waals surface area (Å²) in [6.45, 7) is 4.13. The molecule has 3 unspecified atom stereocenters. The van der Waals surface area contributed by atoms with Gasteiger partial charge in [0.1, 0.15) is 0 Å². The Morgan fingerprint density at radius 2 is 2.29 bits per heavy atom. The Labute approximate surface area is 107 Å². The Morgan fingerprint density at radius 3 is 2.88 bits per heavy atom. The molecule has 3 nitrogen and oxygen atoms in total. The molecule has 0 amide bonds. The van der Waals surface area contributed by atoms with Crippen LogP contribution in [-0.4, -0.2) is 23.2 Å². The van der Waals surface area contributed by atoms with Crippen LogP contribution in [0.5, 0.6) is 0 Å². The predicted molar refractivity (Wildman–Crippen MR) is 72.6 cm³/mol. The first kappa shape index (κ1) is 12.8. The van der Waals surface area contributed by atoms with Crippen LogP contribution in [0.25, 0.3) is 0 Å². The van der Waals surface area contributed by atoms with Crippen molar-refractivity contribution in [3.63, 3.8) is 0 Å². The number of anilines is 1. The van der Waals surface area contributed by atoms with Crippen molar-refractivity contribution in [2.75, 3.05) is 11.9 Å². The first-order valence-electron chi connectivity index (χ1n) is 6.44. The maximum atomic E-state index is 9.52. The molecule has 1 aliphatic carbocycles. The van der Waals surface area contributed by atoms with Crippen molar-refractivity contribution >= 4 is 16.5 Å². The topological polar surface area (TPSA) is 36.4 Å². The summed E-state index contributed by atoms with van der Waals surface area (Å²) in [5.41, 5.74) is 0. The zero-order valence-electron chi connectivity index (χ0n) is 10.9. The van der Waals surface area contributed by atoms with E-state index in [-0.39, 0.29) is 0 Å². The molecule has 0 bridgehead atoms. The number of nitrogens with zero attached hydrogens (tertiary/aromatic N) is 2. The van der Waals surface area contributed by atoms with Gasteiger partial charge in [0, 0.05) is 19.3 Å². The van der Waals surface area contributed by atoms with E-state index in [9.17, 15) is 5.11 Å². The molecule has 0 saturated heterocycles. The van der Waals surface area contributed by atoms with Gasteiger partial charge < -0.3 is 10.0 Å². The molecule has 0 aromatic carbocycles. The first-order chi connectivity index (χ1) is 8.08. The van der Waals surface area contributed by atoms with E-state index in [0.717, 1.165) is 15.9 Å². The molecule has 1 aromatic heterocycles. The van der Waals surface area contributed by atoms with Crippen LogP contribution in [0, 0.1) is 5.92 Å². The van der Waals surface area contributed by atoms with E-state index >= 15 is 0 Å². The zero-order chi connectivity index (χ0) is 12.4. The second-order valence-corrected chi connectivity index (χ2v) is 6.30. The van der Waals surface area contributed by atoms with Crippen molar-refractivity contribution < 1.29 is 5.11 Å². The van der Waals surface area contributed by atoms with Gasteiger partial charge in [-0.25, -0.2) is 4.98 Å². The minimum atomic E-state index is -0.403. The fraction of sp³-hybridized carbons (Fsp3) is 0.769. The minimum absolute atomic E-state index is 0.403. The van der Waals surface area contributed by atoms with Crippen LogP contribution in [0.15, 0.2) is 6.20 Å². The van der Waals surface area contributed by atoms with Gasteiger partial charge in [-0.1, -0.05) is 31.1 Å². The van der Waals surface area contributed by atoms with Crippen molar-refractivity contribution in [2.45, 2.75) is 51.7 Å². The van der Waals surface area contributed by atoms with E-state index < -0.39 is 6.10 Å². The number of aliphatic hydroxyl groups is 1. The molecular formula is C13H22N2OS. The number of aliphatic hydroxyl groups excluding tert-OH is 1. The SMILES string of the molecule is CC1CCCC(N(C)c2ncc(C(C)O)s2)C1. The van der Waals surface area contributed by atoms with Gasteiger partial charge in [-0.3, -0.25) is 0 Å². The number of thiazole rings is 1. The summed E-state index contributed by atoms with van der Waals surface area (Å²) in [5, 5.41) is 10.6. The molecule has 0 aliphatic heterocycles. The van der Waals surface area contributed by atoms with Crippen LogP contribution in [0.1, 0.15) is 50.5 Å². The summed E-state index contributed by atoms with van der Waals surface area (Å²) in [7, 11) is 2.13. The predicted octanol–water partition coefficient (Wildman–Crippen LogP) is 3.21. The first-order valence-corrected chi connectivity index (χ1v) is 7.26. The molecule has 17 heavy (non-hydrogen) atoms. The van der Waals surface area contributed by atoms with Gasteiger partial charge in [-0.2, -0.15) is 0 Å². The normalized spacial score (nSPS) is 26.8. The van der Waals surface area contributed by atoms with Crippen LogP contribution in [-0.2, 0) is 0 Å². The highest BCUT2D eigenvalue weighted by atomic mass is 32.1. The molecule has 0 radical (unpaired) electrons. The summed E-state index contributed by atoms with van der Waals surface area (Å²) in [6, 6.07) is 0.617. The lowest BCUT2D eigenvalue weighted by atomic mass is 9.86. The van der Waals surface area contributed by atoms with Gasteiger partial charge >= 0.3 is 0 Å². The van der Waals surface area contributed by atoms with Crippen LogP contribution in [0.2, 0.25) is 0 Å². The van der Waals surface area contributed by atoms with Crippen LogP contribution < -0.4 is 4.90 Å². The summed E-state index contributed by atoms with van der Waals surface area (Å²) in [5.74, 6) is 0.826. The van der Waals surface area contributed by atoms with Crippen molar-refractivity contribution in [2.24, 2.45) is 5.92 Å². The Morgan fingerprint density at radius 1 is 1.53 bits per heavy atom. The molecule has 1 saturated carbocycles. The molecule has 0 spiro atoms. The average molecular weight is 254 g/mol. The van der Waals surface area contributed by atoms with Crippen LogP contribution in [0.3, 0.4) is 0 Å². The highest BCUT2D eigenvalue weighted by Gasteiger charge is 2.24. The second-order valence-electron chi connectivity index (χ2n) is 5.26. The molecule has 1 heterocycles. The standard InChI is InChI=1S/C13H22N2OS/c1-9-5-4-6-11(7-9)15(3)13-14-8-12(17-13)10(2)16/h8-11,16H,4-7H2,1-3H3. The summed E-state index contributed by atoms with van der Waals surface area (Å²) in [6.07, 6.45) is 6.61. The van der Waals surface area contributed by atoms with Gasteiger partial charge in [0.2, 0.25) is 0 Å². The molecule has 96 valence electrons. The lowest BCUT2D eigenvalue weighted by molar-refractivity contribution is 0.203. The van der Waals surface area contributed by atoms with Gasteiger partial charge in [-0.15, -0.1) is 0 Å². The highest BCUT2D eigenvalue weighted by molar-refractivity contribution is 7.15. The third-order valence-corrected chi connectivity index (χ3v) is 4.94. The van der Waals surface area contributed by atoms with Crippen molar-refractivity contribution in [1.82, 2.24) is 4.98 Å². The molecular weight excluding hydrogens is 232 g/mol. The third kappa shape index (κ3) is 2.99. The summed E-state index contributed by atoms with van der Waals surface area (Å²) >= 11 is 1.61. The Kier molecular flexibility index (Phi) is 4.05.